The number of carbonyl (C=O) groups excluding carboxylic acids is 3. The molecule has 0 atom stereocenters. The number of hydrogen-bond acceptors (Lipinski definition) is 6. The average molecular weight is 696 g/mol. The first-order chi connectivity index (χ1) is 22.3. The van der Waals surface area contributed by atoms with Crippen molar-refractivity contribution >= 4 is 55.8 Å². The fourth-order valence-corrected chi connectivity index (χ4v) is 5.42. The monoisotopic (exact) mass is 696 g/mol. The smallest absolute Gasteiger partial charge is 0.550 e. The summed E-state index contributed by atoms with van der Waals surface area (Å²) in [5, 5.41) is 20.4. The van der Waals surface area contributed by atoms with Crippen LogP contribution in [0.25, 0.3) is 0 Å². The summed E-state index contributed by atoms with van der Waals surface area (Å²) < 4.78 is 4.18. The molecule has 0 bridgehead atoms. The number of aliphatic carboxylic acids is 2. The molecule has 7 nitrogen and oxygen atoms in total. The Labute approximate surface area is 321 Å². The minimum atomic E-state index is -0.903. The number of amides is 1. The zero-order valence-corrected chi connectivity index (χ0v) is 33.8. The van der Waals surface area contributed by atoms with E-state index in [1.807, 2.05) is 0 Å². The number of rotatable bonds is 33. The molecule has 0 fully saturated rings. The second kappa shape index (κ2) is 49.9. The predicted octanol–water partition coefficient (Wildman–Crippen LogP) is 9.72. The molecule has 0 saturated carbocycles. The number of unbranched alkanes of at least 4 members (excludes halogenated alkanes) is 28. The summed E-state index contributed by atoms with van der Waals surface area (Å²) in [5.74, 6) is -1.81. The van der Waals surface area contributed by atoms with Crippen LogP contribution in [0.15, 0.2) is 0 Å². The van der Waals surface area contributed by atoms with Crippen molar-refractivity contribution in [3.63, 3.8) is 0 Å². The molecule has 0 aliphatic rings. The van der Waals surface area contributed by atoms with E-state index < -0.39 is 18.0 Å². The van der Waals surface area contributed by atoms with Gasteiger partial charge in [0, 0.05) is 11.9 Å². The number of carboxylic acids is 2. The first-order valence-electron chi connectivity index (χ1n) is 19.6. The summed E-state index contributed by atoms with van der Waals surface area (Å²) in [6.07, 6.45) is 39.0. The summed E-state index contributed by atoms with van der Waals surface area (Å²) in [7, 11) is 0. The molecular weight excluding hydrogens is 619 g/mol. The molecule has 0 heterocycles. The normalized spacial score (nSPS) is 10.2. The Hall–Kier alpha value is -0.530. The molecule has 0 aromatic rings. The maximum absolute atomic E-state index is 10.2. The SMILES string of the molecule is CCCCCCCCCCCCCCCCCC(=O)[O-].CCCCCCCCCCCCCCCCCC(=O)[O-].CCOC(N)=O.[Ca+2]. The zero-order valence-electron chi connectivity index (χ0n) is 31.6. The van der Waals surface area contributed by atoms with Crippen LogP contribution in [0.2, 0.25) is 0 Å². The molecule has 8 heteroatoms. The maximum atomic E-state index is 10.2. The molecule has 0 aliphatic heterocycles. The van der Waals surface area contributed by atoms with Gasteiger partial charge >= 0.3 is 43.8 Å². The third kappa shape index (κ3) is 64.6. The molecule has 47 heavy (non-hydrogen) atoms. The summed E-state index contributed by atoms with van der Waals surface area (Å²) in [6, 6.07) is 0. The van der Waals surface area contributed by atoms with Crippen LogP contribution >= 0.6 is 0 Å². The Bertz CT molecular complexity index is 576. The Balaban J connectivity index is -0.000000329. The Morgan fingerprint density at radius 1 is 0.404 bits per heavy atom. The third-order valence-electron chi connectivity index (χ3n) is 8.26. The van der Waals surface area contributed by atoms with Crippen molar-refractivity contribution in [1.82, 2.24) is 0 Å². The van der Waals surface area contributed by atoms with Gasteiger partial charge in [0.1, 0.15) is 0 Å². The topological polar surface area (TPSA) is 133 Å². The van der Waals surface area contributed by atoms with Crippen molar-refractivity contribution in [2.24, 2.45) is 5.73 Å². The van der Waals surface area contributed by atoms with Crippen LogP contribution in [0.4, 0.5) is 4.79 Å². The fraction of sp³-hybridized carbons (Fsp3) is 0.923. The van der Waals surface area contributed by atoms with Crippen LogP contribution in [0.5, 0.6) is 0 Å². The van der Waals surface area contributed by atoms with Crippen LogP contribution in [0.3, 0.4) is 0 Å². The van der Waals surface area contributed by atoms with Gasteiger partial charge in [-0.25, -0.2) is 4.79 Å². The van der Waals surface area contributed by atoms with E-state index >= 15 is 0 Å². The molecule has 2 N–H and O–H groups in total. The van der Waals surface area contributed by atoms with E-state index in [9.17, 15) is 24.6 Å². The van der Waals surface area contributed by atoms with Crippen LogP contribution < -0.4 is 15.9 Å². The first-order valence-corrected chi connectivity index (χ1v) is 19.6. The summed E-state index contributed by atoms with van der Waals surface area (Å²) in [4.78, 5) is 30.0. The molecule has 0 unspecified atom stereocenters. The molecule has 0 aliphatic carbocycles. The maximum Gasteiger partial charge on any atom is 2.00 e. The van der Waals surface area contributed by atoms with Gasteiger partial charge in [0.05, 0.1) is 6.61 Å². The molecule has 0 rings (SSSR count). The van der Waals surface area contributed by atoms with Gasteiger partial charge in [0.25, 0.3) is 0 Å². The van der Waals surface area contributed by atoms with Crippen molar-refractivity contribution in [3.05, 3.63) is 0 Å². The van der Waals surface area contributed by atoms with E-state index in [2.05, 4.69) is 24.3 Å². The molecule has 0 radical (unpaired) electrons. The van der Waals surface area contributed by atoms with Crippen LogP contribution in [-0.2, 0) is 14.3 Å². The average Bonchev–Trinajstić information content (AvgIpc) is 3.01. The predicted molar refractivity (Wildman–Crippen MR) is 196 cm³/mol. The Kier molecular flexibility index (Phi) is 56.5. The molecule has 1 amide bonds. The van der Waals surface area contributed by atoms with E-state index in [0.29, 0.717) is 6.61 Å². The van der Waals surface area contributed by atoms with Gasteiger partial charge in [0.15, 0.2) is 0 Å². The van der Waals surface area contributed by atoms with Crippen LogP contribution in [0, 0.1) is 0 Å². The van der Waals surface area contributed by atoms with Crippen molar-refractivity contribution in [3.8, 4) is 0 Å². The summed E-state index contributed by atoms with van der Waals surface area (Å²) in [6.45, 7) is 6.59. The molecule has 0 aromatic carbocycles. The first kappa shape index (κ1) is 53.3. The Morgan fingerprint density at radius 2 is 0.596 bits per heavy atom. The summed E-state index contributed by atoms with van der Waals surface area (Å²) in [5.41, 5.74) is 4.54. The van der Waals surface area contributed by atoms with E-state index in [1.165, 1.54) is 167 Å². The van der Waals surface area contributed by atoms with Crippen molar-refractivity contribution in [2.45, 2.75) is 226 Å². The van der Waals surface area contributed by atoms with Gasteiger partial charge in [-0.2, -0.15) is 0 Å². The number of primary amides is 1. The molecular formula is C39H77CaNO6. The minimum Gasteiger partial charge on any atom is -0.550 e. The van der Waals surface area contributed by atoms with Crippen LogP contribution in [-0.4, -0.2) is 62.4 Å². The second-order valence-electron chi connectivity index (χ2n) is 12.9. The van der Waals surface area contributed by atoms with Gasteiger partial charge in [0.2, 0.25) is 0 Å². The van der Waals surface area contributed by atoms with Crippen molar-refractivity contribution in [1.29, 1.82) is 0 Å². The van der Waals surface area contributed by atoms with Crippen molar-refractivity contribution in [2.75, 3.05) is 6.61 Å². The second-order valence-corrected chi connectivity index (χ2v) is 12.9. The van der Waals surface area contributed by atoms with E-state index in [0.717, 1.165) is 25.7 Å². The largest absolute Gasteiger partial charge is 2.00 e. The van der Waals surface area contributed by atoms with Gasteiger partial charge in [-0.15, -0.1) is 0 Å². The minimum absolute atomic E-state index is 0. The van der Waals surface area contributed by atoms with Gasteiger partial charge in [-0.05, 0) is 32.6 Å². The van der Waals surface area contributed by atoms with Gasteiger partial charge in [-0.3, -0.25) is 0 Å². The van der Waals surface area contributed by atoms with E-state index in [1.54, 1.807) is 6.92 Å². The fourth-order valence-electron chi connectivity index (χ4n) is 5.42. The summed E-state index contributed by atoms with van der Waals surface area (Å²) >= 11 is 0. The standard InChI is InChI=1S/2C18H36O2.C3H7NO2.Ca/c2*1-2-3-4-5-6-7-8-9-10-11-12-13-14-15-16-17-18(19)20;1-2-6-3(4)5;/h2*2-17H2,1H3,(H,19,20);2H2,1H3,(H2,4,5);/q;;;+2/p-2. The van der Waals surface area contributed by atoms with Crippen molar-refractivity contribution < 1.29 is 29.3 Å². The quantitative estimate of drug-likeness (QED) is 0.0537. The van der Waals surface area contributed by atoms with Gasteiger partial charge < -0.3 is 30.3 Å². The van der Waals surface area contributed by atoms with Gasteiger partial charge in [-0.1, -0.05) is 194 Å². The molecule has 0 saturated heterocycles. The molecule has 276 valence electrons. The number of hydrogen-bond donors (Lipinski definition) is 1. The van der Waals surface area contributed by atoms with E-state index in [4.69, 9.17) is 0 Å². The van der Waals surface area contributed by atoms with E-state index in [-0.39, 0.29) is 50.6 Å². The van der Waals surface area contributed by atoms with Crippen LogP contribution in [0.1, 0.15) is 226 Å². The number of carbonyl (C=O) groups is 3. The molecule has 0 spiro atoms. The number of ether oxygens (including phenoxy) is 1. The number of carboxylic acid groups (broad SMARTS) is 2. The number of nitrogens with two attached hydrogens (primary N) is 1. The Morgan fingerprint density at radius 3 is 0.723 bits per heavy atom. The third-order valence-corrected chi connectivity index (χ3v) is 8.26. The molecule has 0 aromatic heterocycles. The zero-order chi connectivity index (χ0) is 34.8.